The summed E-state index contributed by atoms with van der Waals surface area (Å²) in [5.41, 5.74) is 0.456. The number of hydrogen-bond donors (Lipinski definition) is 1. The van der Waals surface area contributed by atoms with E-state index in [1.165, 1.54) is 6.07 Å². The molecular weight excluding hydrogens is 258 g/mol. The van der Waals surface area contributed by atoms with E-state index in [4.69, 9.17) is 4.42 Å². The van der Waals surface area contributed by atoms with Crippen LogP contribution >= 0.6 is 0 Å². The number of aryl methyl sites for hydroxylation is 2. The van der Waals surface area contributed by atoms with Crippen LogP contribution in [-0.2, 0) is 6.42 Å². The Morgan fingerprint density at radius 2 is 2.25 bits per heavy atom. The van der Waals surface area contributed by atoms with Gasteiger partial charge in [-0.05, 0) is 38.5 Å². The molecule has 0 amide bonds. The zero-order chi connectivity index (χ0) is 14.5. The number of rotatable bonds is 6. The van der Waals surface area contributed by atoms with Gasteiger partial charge in [0.1, 0.15) is 17.3 Å². The summed E-state index contributed by atoms with van der Waals surface area (Å²) in [6.45, 7) is 3.68. The molecule has 20 heavy (non-hydrogen) atoms. The molecule has 0 aliphatic heterocycles. The van der Waals surface area contributed by atoms with E-state index in [1.807, 2.05) is 19.1 Å². The molecule has 2 aromatic rings. The van der Waals surface area contributed by atoms with Crippen molar-refractivity contribution in [3.63, 3.8) is 0 Å². The Labute approximate surface area is 117 Å². The molecule has 6 heteroatoms. The molecule has 2 aromatic heterocycles. The van der Waals surface area contributed by atoms with Crippen LogP contribution in [0.4, 0.5) is 11.5 Å². The fraction of sp³-hybridized carbons (Fsp3) is 0.357. The van der Waals surface area contributed by atoms with E-state index < -0.39 is 4.92 Å². The predicted octanol–water partition coefficient (Wildman–Crippen LogP) is 3.32. The SMILES string of the molecule is Cc1nc(NC(C)CCc2ccco2)ccc1[N+](=O)[O-]. The average Bonchev–Trinajstić information content (AvgIpc) is 2.89. The third kappa shape index (κ3) is 3.57. The summed E-state index contributed by atoms with van der Waals surface area (Å²) < 4.78 is 5.28. The van der Waals surface area contributed by atoms with Crippen LogP contribution in [0.3, 0.4) is 0 Å². The molecule has 1 atom stereocenters. The van der Waals surface area contributed by atoms with Crippen molar-refractivity contribution in [1.82, 2.24) is 4.98 Å². The van der Waals surface area contributed by atoms with Crippen molar-refractivity contribution in [1.29, 1.82) is 0 Å². The minimum Gasteiger partial charge on any atom is -0.469 e. The maximum Gasteiger partial charge on any atom is 0.290 e. The Bertz CT molecular complexity index is 581. The maximum absolute atomic E-state index is 10.7. The molecule has 0 radical (unpaired) electrons. The standard InChI is InChI=1S/C14H17N3O3/c1-10(5-6-12-4-3-9-20-12)15-14-8-7-13(17(18)19)11(2)16-14/h3-4,7-10H,5-6H2,1-2H3,(H,15,16). The second-order valence-electron chi connectivity index (χ2n) is 4.72. The topological polar surface area (TPSA) is 81.2 Å². The monoisotopic (exact) mass is 275 g/mol. The lowest BCUT2D eigenvalue weighted by Gasteiger charge is -2.14. The van der Waals surface area contributed by atoms with Gasteiger partial charge >= 0.3 is 0 Å². The minimum absolute atomic E-state index is 0.0405. The number of aromatic nitrogens is 1. The van der Waals surface area contributed by atoms with Crippen molar-refractivity contribution < 1.29 is 9.34 Å². The van der Waals surface area contributed by atoms with Gasteiger partial charge < -0.3 is 9.73 Å². The molecule has 0 saturated heterocycles. The van der Waals surface area contributed by atoms with Gasteiger partial charge in [-0.3, -0.25) is 10.1 Å². The molecular formula is C14H17N3O3. The van der Waals surface area contributed by atoms with Gasteiger partial charge in [0.15, 0.2) is 0 Å². The second kappa shape index (κ2) is 6.18. The first kappa shape index (κ1) is 14.0. The lowest BCUT2D eigenvalue weighted by Crippen LogP contribution is -2.17. The van der Waals surface area contributed by atoms with E-state index in [0.29, 0.717) is 11.5 Å². The first-order valence-electron chi connectivity index (χ1n) is 6.47. The van der Waals surface area contributed by atoms with Gasteiger partial charge in [-0.25, -0.2) is 4.98 Å². The van der Waals surface area contributed by atoms with E-state index >= 15 is 0 Å². The van der Waals surface area contributed by atoms with Crippen molar-refractivity contribution in [2.75, 3.05) is 5.32 Å². The van der Waals surface area contributed by atoms with Crippen molar-refractivity contribution >= 4 is 11.5 Å². The van der Waals surface area contributed by atoms with Gasteiger partial charge in [0.2, 0.25) is 0 Å². The predicted molar refractivity (Wildman–Crippen MR) is 75.7 cm³/mol. The minimum atomic E-state index is -0.424. The number of nitrogens with zero attached hydrogens (tertiary/aromatic N) is 2. The van der Waals surface area contributed by atoms with E-state index in [-0.39, 0.29) is 11.7 Å². The van der Waals surface area contributed by atoms with Gasteiger partial charge in [-0.1, -0.05) is 0 Å². The summed E-state index contributed by atoms with van der Waals surface area (Å²) in [6, 6.07) is 7.13. The van der Waals surface area contributed by atoms with Crippen molar-refractivity contribution in [2.45, 2.75) is 32.7 Å². The Balaban J connectivity index is 1.92. The highest BCUT2D eigenvalue weighted by atomic mass is 16.6. The smallest absolute Gasteiger partial charge is 0.290 e. The first-order chi connectivity index (χ1) is 9.56. The van der Waals surface area contributed by atoms with Gasteiger partial charge in [0, 0.05) is 18.5 Å². The number of furan rings is 1. The summed E-state index contributed by atoms with van der Waals surface area (Å²) in [4.78, 5) is 14.5. The van der Waals surface area contributed by atoms with Crippen molar-refractivity contribution in [2.24, 2.45) is 0 Å². The van der Waals surface area contributed by atoms with E-state index in [9.17, 15) is 10.1 Å². The molecule has 6 nitrogen and oxygen atoms in total. The summed E-state index contributed by atoms with van der Waals surface area (Å²) in [7, 11) is 0. The van der Waals surface area contributed by atoms with Gasteiger partial charge in [-0.15, -0.1) is 0 Å². The molecule has 106 valence electrons. The summed E-state index contributed by atoms with van der Waals surface area (Å²) in [5.74, 6) is 1.60. The number of nitro groups is 1. The summed E-state index contributed by atoms with van der Waals surface area (Å²) in [5, 5.41) is 14.0. The Hall–Kier alpha value is -2.37. The van der Waals surface area contributed by atoms with Crippen LogP contribution in [0.5, 0.6) is 0 Å². The van der Waals surface area contributed by atoms with E-state index in [1.54, 1.807) is 19.3 Å². The van der Waals surface area contributed by atoms with Gasteiger partial charge in [0.25, 0.3) is 5.69 Å². The zero-order valence-electron chi connectivity index (χ0n) is 11.5. The van der Waals surface area contributed by atoms with E-state index in [0.717, 1.165) is 18.6 Å². The Morgan fingerprint density at radius 3 is 2.85 bits per heavy atom. The molecule has 0 fully saturated rings. The highest BCUT2D eigenvalue weighted by molar-refractivity contribution is 5.45. The number of anilines is 1. The molecule has 1 unspecified atom stereocenters. The van der Waals surface area contributed by atoms with Crippen molar-refractivity contribution in [3.05, 3.63) is 52.1 Å². The lowest BCUT2D eigenvalue weighted by atomic mass is 10.1. The quantitative estimate of drug-likeness (QED) is 0.646. The van der Waals surface area contributed by atoms with Crippen molar-refractivity contribution in [3.8, 4) is 0 Å². The molecule has 0 spiro atoms. The fourth-order valence-corrected chi connectivity index (χ4v) is 1.97. The molecule has 0 aliphatic rings. The Morgan fingerprint density at radius 1 is 1.45 bits per heavy atom. The third-order valence-electron chi connectivity index (χ3n) is 3.05. The normalized spacial score (nSPS) is 12.1. The molecule has 0 bridgehead atoms. The molecule has 0 aromatic carbocycles. The second-order valence-corrected chi connectivity index (χ2v) is 4.72. The van der Waals surface area contributed by atoms with Crippen LogP contribution < -0.4 is 5.32 Å². The largest absolute Gasteiger partial charge is 0.469 e. The summed E-state index contributed by atoms with van der Waals surface area (Å²) >= 11 is 0. The van der Waals surface area contributed by atoms with Gasteiger partial charge in [-0.2, -0.15) is 0 Å². The highest BCUT2D eigenvalue weighted by Gasteiger charge is 2.12. The van der Waals surface area contributed by atoms with Crippen LogP contribution in [0.1, 0.15) is 24.8 Å². The van der Waals surface area contributed by atoms with Crippen LogP contribution in [0.2, 0.25) is 0 Å². The molecule has 2 heterocycles. The molecule has 2 rings (SSSR count). The maximum atomic E-state index is 10.7. The zero-order valence-corrected chi connectivity index (χ0v) is 11.5. The fourth-order valence-electron chi connectivity index (χ4n) is 1.97. The number of nitrogens with one attached hydrogen (secondary N) is 1. The highest BCUT2D eigenvalue weighted by Crippen LogP contribution is 2.18. The molecule has 0 saturated carbocycles. The van der Waals surface area contributed by atoms with Crippen LogP contribution in [0.15, 0.2) is 34.9 Å². The summed E-state index contributed by atoms with van der Waals surface area (Å²) in [6.07, 6.45) is 3.40. The average molecular weight is 275 g/mol. The molecule has 0 aliphatic carbocycles. The van der Waals surface area contributed by atoms with Crippen LogP contribution in [0, 0.1) is 17.0 Å². The van der Waals surface area contributed by atoms with Gasteiger partial charge in [0.05, 0.1) is 11.2 Å². The molecule has 1 N–H and O–H groups in total. The lowest BCUT2D eigenvalue weighted by molar-refractivity contribution is -0.385. The van der Waals surface area contributed by atoms with E-state index in [2.05, 4.69) is 10.3 Å². The van der Waals surface area contributed by atoms with Crippen LogP contribution in [0.25, 0.3) is 0 Å². The Kier molecular flexibility index (Phi) is 4.34. The number of hydrogen-bond acceptors (Lipinski definition) is 5. The third-order valence-corrected chi connectivity index (χ3v) is 3.05. The van der Waals surface area contributed by atoms with Crippen LogP contribution in [-0.4, -0.2) is 15.9 Å². The number of pyridine rings is 1. The first-order valence-corrected chi connectivity index (χ1v) is 6.47.